The highest BCUT2D eigenvalue weighted by Crippen LogP contribution is 2.41. The van der Waals surface area contributed by atoms with Crippen LogP contribution in [-0.4, -0.2) is 24.1 Å². The number of pyridine rings is 1. The highest BCUT2D eigenvalue weighted by Gasteiger charge is 2.20. The number of hydrogen-bond donors (Lipinski definition) is 0. The van der Waals surface area contributed by atoms with Crippen molar-refractivity contribution in [3.05, 3.63) is 218 Å². The normalized spacial score (nSPS) is 11.5. The number of para-hydroxylation sites is 2. The van der Waals surface area contributed by atoms with Gasteiger partial charge in [-0.15, -0.1) is 0 Å². The van der Waals surface area contributed by atoms with E-state index < -0.39 is 0 Å². The summed E-state index contributed by atoms with van der Waals surface area (Å²) in [7, 11) is 0. The second-order valence-electron chi connectivity index (χ2n) is 15.5. The summed E-state index contributed by atoms with van der Waals surface area (Å²) in [5.41, 5.74) is 14.2. The molecule has 288 valence electrons. The maximum Gasteiger partial charge on any atom is 0.235 e. The molecule has 6 heteroatoms. The van der Waals surface area contributed by atoms with Crippen molar-refractivity contribution in [2.75, 3.05) is 0 Å². The van der Waals surface area contributed by atoms with Gasteiger partial charge in [-0.3, -0.25) is 9.55 Å². The van der Waals surface area contributed by atoms with Gasteiger partial charge in [-0.25, -0.2) is 14.8 Å². The van der Waals surface area contributed by atoms with Crippen molar-refractivity contribution in [1.82, 2.24) is 24.1 Å². The van der Waals surface area contributed by atoms with Crippen LogP contribution in [0, 0.1) is 6.57 Å². The van der Waals surface area contributed by atoms with Crippen molar-refractivity contribution < 1.29 is 0 Å². The lowest BCUT2D eigenvalue weighted by Gasteiger charge is -2.14. The Morgan fingerprint density at radius 2 is 0.903 bits per heavy atom. The van der Waals surface area contributed by atoms with Crippen LogP contribution in [0.15, 0.2) is 207 Å². The SMILES string of the molecule is [C-]#[N+]c1ccc(-c2cc(-c3ccccc3)nc(-n3c4ccccc4c4cc(-c5ccc(-c6ccc7c(c6)c6ccncc6n7-c6ccccc6)c6ccccc56)ccc43)n2)cc1. The summed E-state index contributed by atoms with van der Waals surface area (Å²) >= 11 is 0. The van der Waals surface area contributed by atoms with Gasteiger partial charge in [0, 0.05) is 39.0 Å². The van der Waals surface area contributed by atoms with Crippen LogP contribution in [0.25, 0.3) is 116 Å². The molecule has 12 rings (SSSR count). The molecule has 0 aliphatic rings. The summed E-state index contributed by atoms with van der Waals surface area (Å²) in [6.45, 7) is 7.47. The minimum absolute atomic E-state index is 0.587. The third-order valence-electron chi connectivity index (χ3n) is 12.1. The Morgan fingerprint density at radius 3 is 1.55 bits per heavy atom. The summed E-state index contributed by atoms with van der Waals surface area (Å²) < 4.78 is 4.48. The lowest BCUT2D eigenvalue weighted by molar-refractivity contribution is 0.996. The van der Waals surface area contributed by atoms with E-state index in [4.69, 9.17) is 16.5 Å². The van der Waals surface area contributed by atoms with Crippen molar-refractivity contribution in [2.45, 2.75) is 0 Å². The van der Waals surface area contributed by atoms with E-state index in [0.717, 1.165) is 66.6 Å². The Hall–Kier alpha value is -8.66. The molecule has 12 aromatic rings. The summed E-state index contributed by atoms with van der Waals surface area (Å²) in [6, 6.07) is 67.9. The highest BCUT2D eigenvalue weighted by molar-refractivity contribution is 6.14. The molecule has 4 heterocycles. The first-order valence-electron chi connectivity index (χ1n) is 20.6. The maximum atomic E-state index is 7.47. The van der Waals surface area contributed by atoms with Crippen LogP contribution in [0.4, 0.5) is 5.69 Å². The van der Waals surface area contributed by atoms with Crippen LogP contribution < -0.4 is 0 Å². The zero-order chi connectivity index (χ0) is 41.1. The third-order valence-corrected chi connectivity index (χ3v) is 12.1. The van der Waals surface area contributed by atoms with E-state index in [1.54, 1.807) is 0 Å². The van der Waals surface area contributed by atoms with Crippen LogP contribution in [0.2, 0.25) is 0 Å². The Balaban J connectivity index is 1.01. The molecule has 6 nitrogen and oxygen atoms in total. The molecule has 0 bridgehead atoms. The van der Waals surface area contributed by atoms with Gasteiger partial charge >= 0.3 is 0 Å². The van der Waals surface area contributed by atoms with Crippen LogP contribution in [-0.2, 0) is 0 Å². The van der Waals surface area contributed by atoms with Crippen LogP contribution in [0.1, 0.15) is 0 Å². The molecule has 0 aliphatic carbocycles. The van der Waals surface area contributed by atoms with Crippen molar-refractivity contribution >= 4 is 60.1 Å². The average Bonchev–Trinajstić information content (AvgIpc) is 3.86. The smallest absolute Gasteiger partial charge is 0.235 e. The molecular weight excluding hydrogens is 757 g/mol. The number of hydrogen-bond acceptors (Lipinski definition) is 3. The Bertz CT molecular complexity index is 3750. The molecule has 0 spiro atoms. The molecule has 0 amide bonds. The van der Waals surface area contributed by atoms with Gasteiger partial charge in [-0.2, -0.15) is 0 Å². The van der Waals surface area contributed by atoms with Crippen molar-refractivity contribution in [3.8, 4) is 56.4 Å². The molecule has 0 N–H and O–H groups in total. The molecule has 0 radical (unpaired) electrons. The summed E-state index contributed by atoms with van der Waals surface area (Å²) in [5.74, 6) is 0.587. The lowest BCUT2D eigenvalue weighted by Crippen LogP contribution is -2.04. The minimum Gasteiger partial charge on any atom is -0.308 e. The van der Waals surface area contributed by atoms with Crippen LogP contribution >= 0.6 is 0 Å². The van der Waals surface area contributed by atoms with Crippen molar-refractivity contribution in [3.63, 3.8) is 0 Å². The minimum atomic E-state index is 0.587. The molecule has 0 atom stereocenters. The van der Waals surface area contributed by atoms with Crippen LogP contribution in [0.5, 0.6) is 0 Å². The molecule has 4 aromatic heterocycles. The zero-order valence-electron chi connectivity index (χ0n) is 33.3. The first-order chi connectivity index (χ1) is 30.7. The first-order valence-corrected chi connectivity index (χ1v) is 20.6. The van der Waals surface area contributed by atoms with E-state index in [0.29, 0.717) is 11.6 Å². The van der Waals surface area contributed by atoms with Gasteiger partial charge in [0.15, 0.2) is 5.69 Å². The fraction of sp³-hybridized carbons (Fsp3) is 0. The van der Waals surface area contributed by atoms with Gasteiger partial charge < -0.3 is 4.57 Å². The van der Waals surface area contributed by atoms with Crippen molar-refractivity contribution in [1.29, 1.82) is 0 Å². The fourth-order valence-electron chi connectivity index (χ4n) is 9.20. The van der Waals surface area contributed by atoms with Gasteiger partial charge in [0.05, 0.1) is 46.2 Å². The van der Waals surface area contributed by atoms with Crippen molar-refractivity contribution in [2.24, 2.45) is 0 Å². The quantitative estimate of drug-likeness (QED) is 0.158. The van der Waals surface area contributed by atoms with E-state index in [2.05, 4.69) is 165 Å². The van der Waals surface area contributed by atoms with E-state index >= 15 is 0 Å². The number of rotatable bonds is 6. The molecule has 0 saturated heterocycles. The molecular formula is C56H34N6. The molecule has 8 aromatic carbocycles. The largest absolute Gasteiger partial charge is 0.308 e. The second kappa shape index (κ2) is 14.3. The Labute approximate surface area is 357 Å². The monoisotopic (exact) mass is 790 g/mol. The van der Waals surface area contributed by atoms with E-state index in [9.17, 15) is 0 Å². The predicted octanol–water partition coefficient (Wildman–Crippen LogP) is 14.4. The topological polar surface area (TPSA) is 52.9 Å². The average molecular weight is 791 g/mol. The predicted molar refractivity (Wildman–Crippen MR) is 254 cm³/mol. The fourth-order valence-corrected chi connectivity index (χ4v) is 9.20. The Kier molecular flexibility index (Phi) is 8.12. The third kappa shape index (κ3) is 5.68. The molecule has 62 heavy (non-hydrogen) atoms. The van der Waals surface area contributed by atoms with Gasteiger partial charge in [0.25, 0.3) is 0 Å². The lowest BCUT2D eigenvalue weighted by atomic mass is 9.91. The molecule has 0 unspecified atom stereocenters. The van der Waals surface area contributed by atoms with E-state index in [1.165, 1.54) is 38.2 Å². The highest BCUT2D eigenvalue weighted by atomic mass is 15.2. The van der Waals surface area contributed by atoms with Gasteiger partial charge in [0.2, 0.25) is 5.95 Å². The molecule has 0 saturated carbocycles. The van der Waals surface area contributed by atoms with E-state index in [1.807, 2.05) is 60.9 Å². The summed E-state index contributed by atoms with van der Waals surface area (Å²) in [6.07, 6.45) is 3.84. The Morgan fingerprint density at radius 1 is 0.387 bits per heavy atom. The summed E-state index contributed by atoms with van der Waals surface area (Å²) in [4.78, 5) is 18.5. The van der Waals surface area contributed by atoms with Gasteiger partial charge in [-0.05, 0) is 93.2 Å². The standard InChI is InChI=1S/C56H34N6/c1-57-40-24-20-37(21-25-40)51-34-50(36-12-4-2-5-13-36)59-56(60-51)62-52-19-11-10-18-46(52)48-32-39(23-29-54(48)62)43-27-26-42(44-16-8-9-17-45(43)44)38-22-28-53-49(33-38)47-30-31-58-35-55(47)61(53)41-14-6-3-7-15-41/h2-35H. The zero-order valence-corrected chi connectivity index (χ0v) is 33.3. The first kappa shape index (κ1) is 35.3. The summed E-state index contributed by atoms with van der Waals surface area (Å²) in [5, 5.41) is 7.01. The number of fused-ring (bicyclic) bond motifs is 7. The van der Waals surface area contributed by atoms with Gasteiger partial charge in [0.1, 0.15) is 0 Å². The number of aromatic nitrogens is 5. The molecule has 0 fully saturated rings. The number of nitrogens with zero attached hydrogens (tertiary/aromatic N) is 6. The van der Waals surface area contributed by atoms with Gasteiger partial charge in [-0.1, -0.05) is 140 Å². The second-order valence-corrected chi connectivity index (χ2v) is 15.5. The van der Waals surface area contributed by atoms with Crippen LogP contribution in [0.3, 0.4) is 0 Å². The maximum absolute atomic E-state index is 7.47. The number of benzene rings is 8. The van der Waals surface area contributed by atoms with E-state index in [-0.39, 0.29) is 0 Å². The molecule has 0 aliphatic heterocycles.